The fourth-order valence-corrected chi connectivity index (χ4v) is 0.351. The molecule has 0 aliphatic rings. The fourth-order valence-electron chi connectivity index (χ4n) is 0.351. The molecular formula is C6H8NO4. The molecule has 0 aliphatic carbocycles. The highest BCUT2D eigenvalue weighted by Gasteiger charge is 1.95. The molecule has 0 saturated carbocycles. The molecule has 1 N–H and O–H groups in total. The summed E-state index contributed by atoms with van der Waals surface area (Å²) in [5.41, 5.74) is 0. The van der Waals surface area contributed by atoms with Gasteiger partial charge in [0.2, 0.25) is 0 Å². The van der Waals surface area contributed by atoms with E-state index >= 15 is 0 Å². The highest BCUT2D eigenvalue weighted by Crippen LogP contribution is 1.76. The SMILES string of the molecule is CCOC(=O)NC=CC([O])=O. The van der Waals surface area contributed by atoms with E-state index in [4.69, 9.17) is 0 Å². The van der Waals surface area contributed by atoms with Gasteiger partial charge in [-0.1, -0.05) is 0 Å². The average Bonchev–Trinajstić information content (AvgIpc) is 1.87. The van der Waals surface area contributed by atoms with Crippen LogP contribution in [0.4, 0.5) is 4.79 Å². The number of amides is 1. The summed E-state index contributed by atoms with van der Waals surface area (Å²) in [6, 6.07) is 0. The zero-order valence-corrected chi connectivity index (χ0v) is 5.99. The Morgan fingerprint density at radius 3 is 2.64 bits per heavy atom. The van der Waals surface area contributed by atoms with Crippen LogP contribution in [0.1, 0.15) is 6.92 Å². The Hall–Kier alpha value is -1.52. The number of hydrogen-bond acceptors (Lipinski definition) is 3. The Bertz CT molecular complexity index is 175. The average molecular weight is 158 g/mol. The van der Waals surface area contributed by atoms with Gasteiger partial charge in [0.05, 0.1) is 6.61 Å². The molecule has 0 rings (SSSR count). The number of carbonyl (C=O) groups is 2. The van der Waals surface area contributed by atoms with Crippen molar-refractivity contribution in [1.82, 2.24) is 5.32 Å². The van der Waals surface area contributed by atoms with Gasteiger partial charge in [-0.25, -0.2) is 14.7 Å². The second-order valence-electron chi connectivity index (χ2n) is 1.52. The van der Waals surface area contributed by atoms with Crippen LogP contribution >= 0.6 is 0 Å². The van der Waals surface area contributed by atoms with Crippen molar-refractivity contribution in [2.24, 2.45) is 0 Å². The van der Waals surface area contributed by atoms with E-state index in [1.165, 1.54) is 0 Å². The summed E-state index contributed by atoms with van der Waals surface area (Å²) < 4.78 is 4.41. The Balaban J connectivity index is 3.53. The zero-order chi connectivity index (χ0) is 8.69. The first-order chi connectivity index (χ1) is 5.16. The highest BCUT2D eigenvalue weighted by atomic mass is 16.5. The Kier molecular flexibility index (Phi) is 4.55. The van der Waals surface area contributed by atoms with Crippen LogP contribution in [-0.4, -0.2) is 18.7 Å². The maximum atomic E-state index is 10.4. The van der Waals surface area contributed by atoms with Gasteiger partial charge in [0.25, 0.3) is 0 Å². The molecule has 0 aliphatic heterocycles. The number of ether oxygens (including phenoxy) is 1. The number of rotatable bonds is 3. The predicted octanol–water partition coefficient (Wildman–Crippen LogP) is 0.203. The van der Waals surface area contributed by atoms with E-state index in [1.807, 2.05) is 0 Å². The van der Waals surface area contributed by atoms with Crippen molar-refractivity contribution in [2.45, 2.75) is 6.92 Å². The van der Waals surface area contributed by atoms with Crippen molar-refractivity contribution < 1.29 is 19.4 Å². The van der Waals surface area contributed by atoms with Crippen molar-refractivity contribution >= 4 is 12.1 Å². The Morgan fingerprint density at radius 2 is 2.18 bits per heavy atom. The summed E-state index contributed by atoms with van der Waals surface area (Å²) in [6.45, 7) is 1.88. The lowest BCUT2D eigenvalue weighted by molar-refractivity contribution is -0.137. The maximum absolute atomic E-state index is 10.4. The third kappa shape index (κ3) is 6.36. The largest absolute Gasteiger partial charge is 0.450 e. The number of carbonyl (C=O) groups excluding carboxylic acids is 2. The number of nitrogens with one attached hydrogen (secondary N) is 1. The second kappa shape index (κ2) is 5.28. The van der Waals surface area contributed by atoms with E-state index in [9.17, 15) is 14.7 Å². The summed E-state index contributed by atoms with van der Waals surface area (Å²) in [7, 11) is 0. The second-order valence-corrected chi connectivity index (χ2v) is 1.52. The van der Waals surface area contributed by atoms with Crippen LogP contribution < -0.4 is 5.32 Å². The van der Waals surface area contributed by atoms with E-state index in [1.54, 1.807) is 6.92 Å². The normalized spacial score (nSPS) is 9.55. The first-order valence-electron chi connectivity index (χ1n) is 2.97. The van der Waals surface area contributed by atoms with Crippen molar-refractivity contribution in [3.05, 3.63) is 12.3 Å². The van der Waals surface area contributed by atoms with Crippen LogP contribution in [0.25, 0.3) is 0 Å². The van der Waals surface area contributed by atoms with Gasteiger partial charge < -0.3 is 4.74 Å². The lowest BCUT2D eigenvalue weighted by Gasteiger charge is -1.97. The molecule has 5 nitrogen and oxygen atoms in total. The first kappa shape index (κ1) is 9.48. The molecule has 61 valence electrons. The molecule has 0 unspecified atom stereocenters. The van der Waals surface area contributed by atoms with Crippen LogP contribution in [0.15, 0.2) is 12.3 Å². The summed E-state index contributed by atoms with van der Waals surface area (Å²) in [4.78, 5) is 20.2. The van der Waals surface area contributed by atoms with Gasteiger partial charge in [-0.2, -0.15) is 0 Å². The van der Waals surface area contributed by atoms with E-state index in [2.05, 4.69) is 10.1 Å². The van der Waals surface area contributed by atoms with Gasteiger partial charge in [-0.05, 0) is 6.92 Å². The molecule has 0 bridgehead atoms. The molecule has 0 aromatic carbocycles. The van der Waals surface area contributed by atoms with Crippen LogP contribution in [0, 0.1) is 0 Å². The molecule has 0 spiro atoms. The minimum Gasteiger partial charge on any atom is -0.450 e. The summed E-state index contributed by atoms with van der Waals surface area (Å²) in [5.74, 6) is -1.37. The minimum absolute atomic E-state index is 0.241. The van der Waals surface area contributed by atoms with E-state index in [-0.39, 0.29) is 6.61 Å². The number of alkyl carbamates (subject to hydrolysis) is 1. The van der Waals surface area contributed by atoms with Crippen LogP contribution in [0.5, 0.6) is 0 Å². The van der Waals surface area contributed by atoms with Crippen molar-refractivity contribution in [1.29, 1.82) is 0 Å². The van der Waals surface area contributed by atoms with Crippen LogP contribution in [0.3, 0.4) is 0 Å². The van der Waals surface area contributed by atoms with Gasteiger partial charge in [-0.15, -0.1) is 0 Å². The minimum atomic E-state index is -1.37. The number of hydrogen-bond donors (Lipinski definition) is 1. The third-order valence-electron chi connectivity index (χ3n) is 0.696. The molecule has 0 fully saturated rings. The monoisotopic (exact) mass is 158 g/mol. The standard InChI is InChI=1S/C6H8NO4/c1-2-11-6(10)7-4-3-5(8)9/h3-4H,2H2,1H3,(H,7,10). The van der Waals surface area contributed by atoms with Gasteiger partial charge in [0.1, 0.15) is 0 Å². The molecular weight excluding hydrogens is 150 g/mol. The summed E-state index contributed by atoms with van der Waals surface area (Å²) in [6.07, 6.45) is 0.939. The molecule has 0 heterocycles. The first-order valence-corrected chi connectivity index (χ1v) is 2.97. The third-order valence-corrected chi connectivity index (χ3v) is 0.696. The summed E-state index contributed by atoms with van der Waals surface area (Å²) >= 11 is 0. The highest BCUT2D eigenvalue weighted by molar-refractivity contribution is 5.80. The van der Waals surface area contributed by atoms with Crippen LogP contribution in [0.2, 0.25) is 0 Å². The molecule has 5 heteroatoms. The van der Waals surface area contributed by atoms with Crippen molar-refractivity contribution in [2.75, 3.05) is 6.61 Å². The molecule has 1 amide bonds. The lowest BCUT2D eigenvalue weighted by Crippen LogP contribution is -2.18. The van der Waals surface area contributed by atoms with E-state index in [0.717, 1.165) is 6.20 Å². The maximum Gasteiger partial charge on any atom is 0.411 e. The van der Waals surface area contributed by atoms with Crippen molar-refractivity contribution in [3.63, 3.8) is 0 Å². The van der Waals surface area contributed by atoms with Crippen LogP contribution in [-0.2, 0) is 14.6 Å². The van der Waals surface area contributed by atoms with E-state index in [0.29, 0.717) is 6.08 Å². The molecule has 1 radical (unpaired) electrons. The summed E-state index contributed by atoms with van der Waals surface area (Å²) in [5, 5.41) is 11.8. The molecule has 0 atom stereocenters. The predicted molar refractivity (Wildman–Crippen MR) is 35.0 cm³/mol. The fraction of sp³-hybridized carbons (Fsp3) is 0.333. The van der Waals surface area contributed by atoms with Crippen molar-refractivity contribution in [3.8, 4) is 0 Å². The molecule has 0 saturated heterocycles. The quantitative estimate of drug-likeness (QED) is 0.596. The van der Waals surface area contributed by atoms with Gasteiger partial charge in [0.15, 0.2) is 0 Å². The molecule has 0 aromatic rings. The lowest BCUT2D eigenvalue weighted by atomic mass is 10.6. The topological polar surface area (TPSA) is 75.3 Å². The van der Waals surface area contributed by atoms with Gasteiger partial charge in [-0.3, -0.25) is 5.32 Å². The molecule has 11 heavy (non-hydrogen) atoms. The zero-order valence-electron chi connectivity index (χ0n) is 5.99. The Labute approximate surface area is 63.7 Å². The molecule has 0 aromatic heterocycles. The Morgan fingerprint density at radius 1 is 1.55 bits per heavy atom. The van der Waals surface area contributed by atoms with Gasteiger partial charge >= 0.3 is 12.1 Å². The smallest absolute Gasteiger partial charge is 0.411 e. The van der Waals surface area contributed by atoms with Gasteiger partial charge in [0, 0.05) is 12.3 Å². The van der Waals surface area contributed by atoms with E-state index < -0.39 is 12.1 Å².